The van der Waals surface area contributed by atoms with Crippen molar-refractivity contribution in [2.24, 2.45) is 5.92 Å². The summed E-state index contributed by atoms with van der Waals surface area (Å²) in [6.45, 7) is 8.51. The van der Waals surface area contributed by atoms with Crippen LogP contribution in [0, 0.1) is 5.92 Å². The first-order chi connectivity index (χ1) is 35.3. The molecule has 3 aliphatic heterocycles. The molecule has 0 aromatic heterocycles. The second-order valence-corrected chi connectivity index (χ2v) is 24.6. The Balaban J connectivity index is 0.921. The average Bonchev–Trinajstić information content (AvgIpc) is 3.99. The minimum absolute atomic E-state index is 0.00989. The normalized spacial score (nSPS) is 19.6. The van der Waals surface area contributed by atoms with Crippen molar-refractivity contribution in [3.8, 4) is 11.1 Å². The lowest BCUT2D eigenvalue weighted by Gasteiger charge is -2.36. The summed E-state index contributed by atoms with van der Waals surface area (Å²) in [7, 11) is -11.0. The van der Waals surface area contributed by atoms with Crippen molar-refractivity contribution < 1.29 is 49.4 Å². The van der Waals surface area contributed by atoms with E-state index in [-0.39, 0.29) is 23.6 Å². The number of nitrogens with one attached hydrogen (secondary N) is 3. The molecule has 5 aromatic rings. The molecule has 0 bridgehead atoms. The lowest BCUT2D eigenvalue weighted by Crippen LogP contribution is -2.40. The molecule has 3 fully saturated rings. The van der Waals surface area contributed by atoms with Gasteiger partial charge in [-0.05, 0) is 155 Å². The number of amides is 1. The molecule has 74 heavy (non-hydrogen) atoms. The Hall–Kier alpha value is -4.70. The number of nitrogens with zero attached hydrogens (tertiary/aromatic N) is 2. The average molecular weight is 1100 g/mol. The topological polar surface area (TPSA) is 167 Å². The Bertz CT molecular complexity index is 2910. The molecular formula is C54H63ClF3N5O8S3. The first-order valence-corrected chi connectivity index (χ1v) is 29.2. The molecule has 3 heterocycles. The van der Waals surface area contributed by atoms with Crippen LogP contribution in [0.1, 0.15) is 74.4 Å². The lowest BCUT2D eigenvalue weighted by atomic mass is 9.84. The van der Waals surface area contributed by atoms with Gasteiger partial charge >= 0.3 is 5.51 Å². The summed E-state index contributed by atoms with van der Waals surface area (Å²) in [5.74, 6) is -1.32. The molecule has 398 valence electrons. The van der Waals surface area contributed by atoms with Crippen LogP contribution in [0.5, 0.6) is 0 Å². The molecule has 1 amide bonds. The van der Waals surface area contributed by atoms with Gasteiger partial charge in [-0.2, -0.15) is 13.2 Å². The minimum Gasteiger partial charge on any atom is -0.388 e. The molecule has 0 aliphatic carbocycles. The fourth-order valence-electron chi connectivity index (χ4n) is 9.98. The van der Waals surface area contributed by atoms with Gasteiger partial charge in [0, 0.05) is 65.2 Å². The second-order valence-electron chi connectivity index (χ2n) is 19.5. The number of likely N-dealkylation sites (tertiary alicyclic amines) is 1. The number of benzene rings is 5. The summed E-state index contributed by atoms with van der Waals surface area (Å²) < 4.78 is 111. The van der Waals surface area contributed by atoms with Crippen LogP contribution >= 0.6 is 23.4 Å². The Labute approximate surface area is 441 Å². The van der Waals surface area contributed by atoms with Gasteiger partial charge < -0.3 is 30.1 Å². The van der Waals surface area contributed by atoms with Crippen LogP contribution in [-0.2, 0) is 29.3 Å². The van der Waals surface area contributed by atoms with Gasteiger partial charge in [0.05, 0.1) is 29.4 Å². The molecule has 20 heteroatoms. The minimum atomic E-state index is -6.11. The molecule has 3 aliphatic rings. The van der Waals surface area contributed by atoms with E-state index in [1.165, 1.54) is 23.9 Å². The van der Waals surface area contributed by atoms with E-state index < -0.39 is 64.7 Å². The zero-order valence-electron chi connectivity index (χ0n) is 41.3. The maximum Gasteiger partial charge on any atom is 0.501 e. The standard InChI is InChI=1S/C54H63ClF3N5O8S3/c1-53(2)70-35-44(71-53)24-27-59-28-32-62-29-8-9-43(62)33-41(36-72-45-10-4-3-5-11-45)60-49-23-22-46(34-50(49)73(66,67)54(56,57)58)74(68,69)61-52(65)39-16-20-42(21-17-39)63-30-25-38(26-31-63)51(64)48-13-7-6-12-47(48)37-14-18-40(55)19-15-37/h3-7,10-23,34,38,41,43-44,51,59-60,64H,8-9,24-33,35-36H2,1-2H3,(H,61,65)/t41-,43+,44+,51-/m1/s1. The van der Waals surface area contributed by atoms with Gasteiger partial charge in [-0.25, -0.2) is 21.6 Å². The molecule has 13 nitrogen and oxygen atoms in total. The van der Waals surface area contributed by atoms with E-state index in [1.54, 1.807) is 12.1 Å². The number of aliphatic hydroxyl groups is 1. The van der Waals surface area contributed by atoms with E-state index in [0.29, 0.717) is 62.3 Å². The zero-order valence-corrected chi connectivity index (χ0v) is 44.5. The maximum absolute atomic E-state index is 14.4. The number of thioether (sulfide) groups is 1. The highest BCUT2D eigenvalue weighted by Gasteiger charge is 2.49. The van der Waals surface area contributed by atoms with Crippen molar-refractivity contribution in [1.29, 1.82) is 0 Å². The largest absolute Gasteiger partial charge is 0.501 e. The summed E-state index contributed by atoms with van der Waals surface area (Å²) in [6, 6.07) is 32.8. The fraction of sp³-hybridized carbons (Fsp3) is 0.426. The number of ether oxygens (including phenoxy) is 2. The first-order valence-electron chi connectivity index (χ1n) is 24.9. The van der Waals surface area contributed by atoms with Crippen LogP contribution < -0.4 is 20.3 Å². The number of hydrogen-bond donors (Lipinski definition) is 4. The van der Waals surface area contributed by atoms with Gasteiger partial charge in [-0.3, -0.25) is 9.69 Å². The highest BCUT2D eigenvalue weighted by atomic mass is 35.5. The number of carbonyl (C=O) groups is 1. The third-order valence-corrected chi connectivity index (χ3v) is 18.2. The summed E-state index contributed by atoms with van der Waals surface area (Å²) in [5, 5.41) is 18.7. The van der Waals surface area contributed by atoms with Crippen LogP contribution in [0.3, 0.4) is 0 Å². The van der Waals surface area contributed by atoms with Gasteiger partial charge in [0.25, 0.3) is 25.8 Å². The molecule has 8 rings (SSSR count). The predicted octanol–water partition coefficient (Wildman–Crippen LogP) is 9.93. The lowest BCUT2D eigenvalue weighted by molar-refractivity contribution is -0.138. The maximum atomic E-state index is 14.4. The molecule has 3 saturated heterocycles. The third kappa shape index (κ3) is 14.0. The molecule has 0 spiro atoms. The van der Waals surface area contributed by atoms with Gasteiger partial charge in [-0.15, -0.1) is 11.8 Å². The van der Waals surface area contributed by atoms with Crippen LogP contribution in [0.25, 0.3) is 11.1 Å². The highest BCUT2D eigenvalue weighted by molar-refractivity contribution is 7.99. The zero-order chi connectivity index (χ0) is 52.7. The van der Waals surface area contributed by atoms with Crippen molar-refractivity contribution in [3.63, 3.8) is 0 Å². The molecular weight excluding hydrogens is 1040 g/mol. The Morgan fingerprint density at radius 1 is 0.878 bits per heavy atom. The quantitative estimate of drug-likeness (QED) is 0.0406. The van der Waals surface area contributed by atoms with Crippen molar-refractivity contribution >= 4 is 60.5 Å². The number of hydrogen-bond acceptors (Lipinski definition) is 13. The first kappa shape index (κ1) is 55.5. The number of rotatable bonds is 21. The van der Waals surface area contributed by atoms with Crippen molar-refractivity contribution in [1.82, 2.24) is 14.9 Å². The van der Waals surface area contributed by atoms with E-state index in [9.17, 15) is 39.9 Å². The number of aliphatic hydroxyl groups excluding tert-OH is 1. The van der Waals surface area contributed by atoms with Crippen molar-refractivity contribution in [3.05, 3.63) is 137 Å². The van der Waals surface area contributed by atoms with Crippen LogP contribution in [0.4, 0.5) is 24.5 Å². The molecule has 0 saturated carbocycles. The Morgan fingerprint density at radius 3 is 2.27 bits per heavy atom. The molecule has 4 atom stereocenters. The monoisotopic (exact) mass is 1100 g/mol. The van der Waals surface area contributed by atoms with E-state index >= 15 is 0 Å². The highest BCUT2D eigenvalue weighted by Crippen LogP contribution is 2.39. The summed E-state index contributed by atoms with van der Waals surface area (Å²) in [4.78, 5) is 16.7. The summed E-state index contributed by atoms with van der Waals surface area (Å²) in [6.07, 6.45) is 3.65. The number of piperidine rings is 1. The number of sulfonamides is 1. The van der Waals surface area contributed by atoms with Crippen LogP contribution in [0.15, 0.2) is 136 Å². The number of anilines is 2. The Morgan fingerprint density at radius 2 is 1.58 bits per heavy atom. The number of alkyl halides is 3. The molecule has 5 aromatic carbocycles. The van der Waals surface area contributed by atoms with Gasteiger partial charge in [0.1, 0.15) is 4.90 Å². The fourth-order valence-corrected chi connectivity index (χ4v) is 13.1. The number of halogens is 4. The Kier molecular flexibility index (Phi) is 18.1. The molecule has 0 radical (unpaired) electrons. The summed E-state index contributed by atoms with van der Waals surface area (Å²) >= 11 is 7.58. The van der Waals surface area contributed by atoms with Crippen LogP contribution in [-0.4, -0.2) is 114 Å². The van der Waals surface area contributed by atoms with Gasteiger partial charge in [0.2, 0.25) is 0 Å². The smallest absolute Gasteiger partial charge is 0.388 e. The van der Waals surface area contributed by atoms with E-state index in [4.69, 9.17) is 21.1 Å². The summed E-state index contributed by atoms with van der Waals surface area (Å²) in [5.41, 5.74) is -2.75. The van der Waals surface area contributed by atoms with E-state index in [0.717, 1.165) is 78.3 Å². The molecule has 4 N–H and O–H groups in total. The van der Waals surface area contributed by atoms with E-state index in [2.05, 4.69) is 20.4 Å². The van der Waals surface area contributed by atoms with Crippen LogP contribution in [0.2, 0.25) is 5.02 Å². The third-order valence-electron chi connectivity index (χ3n) is 13.9. The van der Waals surface area contributed by atoms with E-state index in [1.807, 2.05) is 97.4 Å². The van der Waals surface area contributed by atoms with Crippen molar-refractivity contribution in [2.75, 3.05) is 61.8 Å². The second kappa shape index (κ2) is 24.1. The number of sulfone groups is 1. The SMILES string of the molecule is CC1(C)OC[C@H](CCNCCN2CCC[C@H]2C[C@H](CSc2ccccc2)Nc2ccc(S(=O)(=O)NC(=O)c3ccc(N4CCC([C@@H](O)c5ccccc5-c5ccc(Cl)cc5)CC4)cc3)cc2S(=O)(=O)C(F)(F)F)O1. The van der Waals surface area contributed by atoms with Gasteiger partial charge in [-0.1, -0.05) is 66.2 Å². The van der Waals surface area contributed by atoms with Crippen molar-refractivity contribution in [2.45, 2.75) is 103 Å². The molecule has 0 unspecified atom stereocenters. The predicted molar refractivity (Wildman–Crippen MR) is 284 cm³/mol. The van der Waals surface area contributed by atoms with Gasteiger partial charge in [0.15, 0.2) is 5.79 Å². The number of carbonyl (C=O) groups excluding carboxylic acids is 1.